The Morgan fingerprint density at radius 3 is 2.20 bits per heavy atom. The molecule has 0 radical (unpaired) electrons. The molecule has 2 rings (SSSR count). The summed E-state index contributed by atoms with van der Waals surface area (Å²) in [7, 11) is -3.20. The molecule has 0 aliphatic heterocycles. The molecule has 0 saturated heterocycles. The minimum absolute atomic E-state index is 0.350. The molecule has 0 bridgehead atoms. The minimum atomic E-state index is -3.20. The van der Waals surface area contributed by atoms with Gasteiger partial charge in [-0.2, -0.15) is 0 Å². The van der Waals surface area contributed by atoms with E-state index in [0.29, 0.717) is 11.9 Å². The molecule has 0 aliphatic carbocycles. The van der Waals surface area contributed by atoms with Crippen molar-refractivity contribution in [2.75, 3.05) is 11.7 Å². The van der Waals surface area contributed by atoms with Crippen LogP contribution in [-0.2, 0) is 9.09 Å². The molecule has 1 atom stereocenters. The molecule has 2 aromatic carbocycles. The Morgan fingerprint density at radius 2 is 1.65 bits per heavy atom. The lowest BCUT2D eigenvalue weighted by Crippen LogP contribution is -2.03. The summed E-state index contributed by atoms with van der Waals surface area (Å²) >= 11 is 0. The predicted molar refractivity (Wildman–Crippen MR) is 84.8 cm³/mol. The van der Waals surface area contributed by atoms with E-state index in [2.05, 4.69) is 11.7 Å². The normalized spacial score (nSPS) is 13.4. The molecule has 0 heterocycles. The third-order valence-electron chi connectivity index (χ3n) is 2.82. The zero-order valence-corrected chi connectivity index (χ0v) is 12.3. The first-order valence-corrected chi connectivity index (χ1v) is 8.11. The number of benzene rings is 2. The van der Waals surface area contributed by atoms with Gasteiger partial charge in [0.2, 0.25) is 0 Å². The minimum Gasteiger partial charge on any atom is -0.312 e. The van der Waals surface area contributed by atoms with Crippen LogP contribution < -0.4 is 5.09 Å². The average Bonchev–Trinajstić information content (AvgIpc) is 2.48. The topological polar surface area (TPSA) is 38.3 Å². The van der Waals surface area contributed by atoms with Gasteiger partial charge in [-0.1, -0.05) is 55.1 Å². The Labute approximate surface area is 119 Å². The quantitative estimate of drug-likeness (QED) is 0.760. The highest BCUT2D eigenvalue weighted by Gasteiger charge is 2.27. The van der Waals surface area contributed by atoms with Crippen molar-refractivity contribution in [3.8, 4) is 0 Å². The lowest BCUT2D eigenvalue weighted by molar-refractivity contribution is 0.345. The molecular weight excluding hydrogens is 269 g/mol. The van der Waals surface area contributed by atoms with Crippen LogP contribution in [0, 0.1) is 0 Å². The van der Waals surface area contributed by atoms with E-state index in [1.165, 1.54) is 0 Å². The van der Waals surface area contributed by atoms with Gasteiger partial charge < -0.3 is 9.61 Å². The molecule has 3 nitrogen and oxygen atoms in total. The highest BCUT2D eigenvalue weighted by atomic mass is 31.2. The van der Waals surface area contributed by atoms with Crippen LogP contribution >= 0.6 is 7.52 Å². The number of hydrogen-bond acceptors (Lipinski definition) is 2. The van der Waals surface area contributed by atoms with Crippen molar-refractivity contribution < 1.29 is 9.09 Å². The predicted octanol–water partition coefficient (Wildman–Crippen LogP) is 5.00. The van der Waals surface area contributed by atoms with Gasteiger partial charge in [0.05, 0.1) is 11.9 Å². The zero-order valence-electron chi connectivity index (χ0n) is 11.5. The Hall–Kier alpha value is -1.83. The molecule has 0 aromatic heterocycles. The summed E-state index contributed by atoms with van der Waals surface area (Å²) in [5, 5.41) is 3.46. The maximum absolute atomic E-state index is 13.1. The maximum atomic E-state index is 13.1. The van der Waals surface area contributed by atoms with E-state index in [9.17, 15) is 4.57 Å². The monoisotopic (exact) mass is 287 g/mol. The summed E-state index contributed by atoms with van der Waals surface area (Å²) < 4.78 is 18.5. The largest absolute Gasteiger partial charge is 0.323 e. The first kappa shape index (κ1) is 14.6. The lowest BCUT2D eigenvalue weighted by Gasteiger charge is -2.22. The van der Waals surface area contributed by atoms with E-state index in [1.54, 1.807) is 0 Å². The maximum Gasteiger partial charge on any atom is 0.323 e. The third-order valence-corrected chi connectivity index (χ3v) is 4.97. The van der Waals surface area contributed by atoms with Crippen molar-refractivity contribution in [1.82, 2.24) is 0 Å². The Morgan fingerprint density at radius 1 is 1.10 bits per heavy atom. The van der Waals surface area contributed by atoms with Crippen LogP contribution in [-0.4, -0.2) is 6.61 Å². The van der Waals surface area contributed by atoms with E-state index in [1.807, 2.05) is 67.6 Å². The first-order chi connectivity index (χ1) is 9.65. The summed E-state index contributed by atoms with van der Waals surface area (Å²) in [5.74, 6) is 0. The lowest BCUT2D eigenvalue weighted by atomic mass is 10.2. The van der Waals surface area contributed by atoms with Crippen molar-refractivity contribution in [3.63, 3.8) is 0 Å². The van der Waals surface area contributed by atoms with Crippen LogP contribution in [0.2, 0.25) is 0 Å². The SMILES string of the molecule is C=C(c1ccccc1)P(=O)(Nc1ccccc1)OCC. The van der Waals surface area contributed by atoms with E-state index in [4.69, 9.17) is 4.52 Å². The molecule has 2 aromatic rings. The summed E-state index contributed by atoms with van der Waals surface area (Å²) in [5.41, 5.74) is 1.56. The van der Waals surface area contributed by atoms with Crippen LogP contribution in [0.3, 0.4) is 0 Å². The number of rotatable bonds is 6. The molecule has 0 aliphatic rings. The van der Waals surface area contributed by atoms with Crippen LogP contribution in [0.5, 0.6) is 0 Å². The molecule has 0 saturated carbocycles. The average molecular weight is 287 g/mol. The first-order valence-electron chi connectivity index (χ1n) is 6.48. The van der Waals surface area contributed by atoms with Crippen LogP contribution in [0.25, 0.3) is 5.31 Å². The fourth-order valence-electron chi connectivity index (χ4n) is 1.84. The molecular formula is C16H18NO2P. The second kappa shape index (κ2) is 6.56. The van der Waals surface area contributed by atoms with Crippen molar-refractivity contribution in [2.24, 2.45) is 0 Å². The van der Waals surface area contributed by atoms with Gasteiger partial charge in [-0.05, 0) is 24.6 Å². The van der Waals surface area contributed by atoms with Crippen LogP contribution in [0.1, 0.15) is 12.5 Å². The van der Waals surface area contributed by atoms with E-state index >= 15 is 0 Å². The molecule has 104 valence electrons. The van der Waals surface area contributed by atoms with Crippen molar-refractivity contribution in [1.29, 1.82) is 0 Å². The summed E-state index contributed by atoms with van der Waals surface area (Å²) in [6.45, 7) is 6.13. The van der Waals surface area contributed by atoms with Gasteiger partial charge in [-0.15, -0.1) is 0 Å². The Balaban J connectivity index is 2.30. The summed E-state index contributed by atoms with van der Waals surface area (Å²) in [6, 6.07) is 18.8. The Bertz CT molecular complexity index is 611. The smallest absolute Gasteiger partial charge is 0.312 e. The second-order valence-electron chi connectivity index (χ2n) is 4.26. The molecule has 0 spiro atoms. The van der Waals surface area contributed by atoms with Crippen molar-refractivity contribution in [2.45, 2.75) is 6.92 Å². The van der Waals surface area contributed by atoms with Gasteiger partial charge in [0.15, 0.2) is 0 Å². The van der Waals surface area contributed by atoms with Gasteiger partial charge in [0, 0.05) is 5.69 Å². The molecule has 1 unspecified atom stereocenters. The fraction of sp³-hybridized carbons (Fsp3) is 0.125. The number of hydrogen-bond donors (Lipinski definition) is 1. The van der Waals surface area contributed by atoms with Crippen LogP contribution in [0.4, 0.5) is 5.69 Å². The molecule has 1 N–H and O–H groups in total. The molecule has 20 heavy (non-hydrogen) atoms. The second-order valence-corrected chi connectivity index (χ2v) is 6.38. The highest BCUT2D eigenvalue weighted by Crippen LogP contribution is 2.57. The number of nitrogens with one attached hydrogen (secondary N) is 1. The zero-order chi connectivity index (χ0) is 14.4. The standard InChI is InChI=1S/C16H18NO2P/c1-3-19-20(18,17-16-12-8-5-9-13-16)14(2)15-10-6-4-7-11-15/h4-13H,2-3H2,1H3,(H,17,18). The van der Waals surface area contributed by atoms with Gasteiger partial charge in [-0.25, -0.2) is 0 Å². The highest BCUT2D eigenvalue weighted by molar-refractivity contribution is 7.71. The van der Waals surface area contributed by atoms with Crippen molar-refractivity contribution in [3.05, 3.63) is 72.8 Å². The third kappa shape index (κ3) is 3.38. The summed E-state index contributed by atoms with van der Waals surface area (Å²) in [6.07, 6.45) is 0. The van der Waals surface area contributed by atoms with Crippen molar-refractivity contribution >= 4 is 18.5 Å². The van der Waals surface area contributed by atoms with E-state index in [0.717, 1.165) is 11.3 Å². The van der Waals surface area contributed by atoms with E-state index in [-0.39, 0.29) is 0 Å². The molecule has 0 amide bonds. The van der Waals surface area contributed by atoms with Gasteiger partial charge in [-0.3, -0.25) is 4.57 Å². The van der Waals surface area contributed by atoms with E-state index < -0.39 is 7.52 Å². The molecule has 0 fully saturated rings. The molecule has 4 heteroatoms. The fourth-order valence-corrected chi connectivity index (χ4v) is 3.54. The van der Waals surface area contributed by atoms with Crippen LogP contribution in [0.15, 0.2) is 67.2 Å². The summed E-state index contributed by atoms with van der Waals surface area (Å²) in [4.78, 5) is 0. The van der Waals surface area contributed by atoms with Gasteiger partial charge in [0.25, 0.3) is 0 Å². The number of anilines is 1. The van der Waals surface area contributed by atoms with Gasteiger partial charge in [0.1, 0.15) is 0 Å². The Kier molecular flexibility index (Phi) is 4.78. The number of para-hydroxylation sites is 1. The van der Waals surface area contributed by atoms with Gasteiger partial charge >= 0.3 is 7.52 Å².